The van der Waals surface area contributed by atoms with Crippen LogP contribution in [0.15, 0.2) is 48.9 Å². The molecule has 0 spiro atoms. The molecule has 0 radical (unpaired) electrons. The SMILES string of the molecule is CCOCC(C(C)C)n1cc(Nc2nccc(-c3ccc(N4CCNC4=O)cc3)n2)cn1. The summed E-state index contributed by atoms with van der Waals surface area (Å²) in [5.41, 5.74) is 3.44. The van der Waals surface area contributed by atoms with Gasteiger partial charge in [0.05, 0.1) is 30.2 Å². The van der Waals surface area contributed by atoms with Crippen molar-refractivity contribution >= 4 is 23.4 Å². The number of rotatable bonds is 9. The zero-order valence-electron chi connectivity index (χ0n) is 18.7. The van der Waals surface area contributed by atoms with Crippen molar-refractivity contribution in [3.05, 3.63) is 48.9 Å². The first-order valence-electron chi connectivity index (χ1n) is 10.9. The molecule has 9 heteroatoms. The van der Waals surface area contributed by atoms with E-state index in [0.29, 0.717) is 38.2 Å². The number of ether oxygens (including phenoxy) is 1. The lowest BCUT2D eigenvalue weighted by molar-refractivity contribution is 0.0915. The monoisotopic (exact) mass is 435 g/mol. The van der Waals surface area contributed by atoms with Crippen LogP contribution in [0.4, 0.5) is 22.1 Å². The van der Waals surface area contributed by atoms with Crippen LogP contribution in [0.3, 0.4) is 0 Å². The average molecular weight is 436 g/mol. The zero-order valence-corrected chi connectivity index (χ0v) is 18.7. The Balaban J connectivity index is 1.47. The van der Waals surface area contributed by atoms with Crippen LogP contribution in [-0.4, -0.2) is 52.1 Å². The van der Waals surface area contributed by atoms with Gasteiger partial charge in [0, 0.05) is 43.3 Å². The number of nitrogens with one attached hydrogen (secondary N) is 2. The Kier molecular flexibility index (Phi) is 6.65. The molecule has 1 saturated heterocycles. The molecule has 1 aromatic carbocycles. The second-order valence-electron chi connectivity index (χ2n) is 8.00. The zero-order chi connectivity index (χ0) is 22.5. The maximum atomic E-state index is 11.9. The van der Waals surface area contributed by atoms with E-state index in [-0.39, 0.29) is 12.1 Å². The van der Waals surface area contributed by atoms with Gasteiger partial charge in [0.15, 0.2) is 0 Å². The van der Waals surface area contributed by atoms with E-state index < -0.39 is 0 Å². The minimum absolute atomic E-state index is 0.0622. The summed E-state index contributed by atoms with van der Waals surface area (Å²) in [7, 11) is 0. The molecule has 1 unspecified atom stereocenters. The van der Waals surface area contributed by atoms with Gasteiger partial charge in [-0.05, 0) is 31.0 Å². The lowest BCUT2D eigenvalue weighted by atomic mass is 10.1. The van der Waals surface area contributed by atoms with Crippen molar-refractivity contribution in [1.29, 1.82) is 0 Å². The molecule has 9 nitrogen and oxygen atoms in total. The molecule has 3 heterocycles. The highest BCUT2D eigenvalue weighted by molar-refractivity contribution is 5.94. The molecule has 4 rings (SSSR count). The molecule has 1 fully saturated rings. The molecule has 168 valence electrons. The van der Waals surface area contributed by atoms with Crippen LogP contribution in [0.1, 0.15) is 26.8 Å². The Hall–Kier alpha value is -3.46. The third kappa shape index (κ3) is 4.88. The Morgan fingerprint density at radius 2 is 2.03 bits per heavy atom. The summed E-state index contributed by atoms with van der Waals surface area (Å²) in [6.07, 6.45) is 5.45. The van der Waals surface area contributed by atoms with Gasteiger partial charge in [0.2, 0.25) is 5.95 Å². The third-order valence-electron chi connectivity index (χ3n) is 5.45. The minimum Gasteiger partial charge on any atom is -0.380 e. The van der Waals surface area contributed by atoms with Gasteiger partial charge in [0.25, 0.3) is 0 Å². The minimum atomic E-state index is -0.0622. The van der Waals surface area contributed by atoms with Crippen molar-refractivity contribution in [2.75, 3.05) is 36.5 Å². The number of urea groups is 1. The van der Waals surface area contributed by atoms with Crippen LogP contribution in [0.2, 0.25) is 0 Å². The number of nitrogens with zero attached hydrogens (tertiary/aromatic N) is 5. The Morgan fingerprint density at radius 1 is 1.22 bits per heavy atom. The first kappa shape index (κ1) is 21.8. The van der Waals surface area contributed by atoms with E-state index in [1.165, 1.54) is 0 Å². The van der Waals surface area contributed by atoms with Crippen molar-refractivity contribution in [2.45, 2.75) is 26.8 Å². The van der Waals surface area contributed by atoms with Crippen LogP contribution < -0.4 is 15.5 Å². The van der Waals surface area contributed by atoms with Crippen LogP contribution in [0.5, 0.6) is 0 Å². The number of anilines is 3. The molecule has 2 aromatic heterocycles. The summed E-state index contributed by atoms with van der Waals surface area (Å²) >= 11 is 0. The van der Waals surface area contributed by atoms with E-state index in [2.05, 4.69) is 39.5 Å². The topological polar surface area (TPSA) is 97.2 Å². The first-order chi connectivity index (χ1) is 15.5. The fourth-order valence-electron chi connectivity index (χ4n) is 3.64. The summed E-state index contributed by atoms with van der Waals surface area (Å²) in [5.74, 6) is 0.888. The first-order valence-corrected chi connectivity index (χ1v) is 10.9. The highest BCUT2D eigenvalue weighted by atomic mass is 16.5. The summed E-state index contributed by atoms with van der Waals surface area (Å²) in [6, 6.07) is 9.76. The summed E-state index contributed by atoms with van der Waals surface area (Å²) < 4.78 is 7.55. The van der Waals surface area contributed by atoms with Crippen LogP contribution in [0.25, 0.3) is 11.3 Å². The van der Waals surface area contributed by atoms with Gasteiger partial charge in [-0.25, -0.2) is 14.8 Å². The molecule has 1 atom stereocenters. The van der Waals surface area contributed by atoms with Crippen molar-refractivity contribution in [1.82, 2.24) is 25.1 Å². The molecule has 32 heavy (non-hydrogen) atoms. The molecule has 1 aliphatic rings. The highest BCUT2D eigenvalue weighted by Crippen LogP contribution is 2.25. The normalized spacial score (nSPS) is 14.6. The second-order valence-corrected chi connectivity index (χ2v) is 8.00. The van der Waals surface area contributed by atoms with Crippen LogP contribution in [0, 0.1) is 5.92 Å². The largest absolute Gasteiger partial charge is 0.380 e. The fraction of sp³-hybridized carbons (Fsp3) is 0.391. The van der Waals surface area contributed by atoms with Gasteiger partial charge in [-0.3, -0.25) is 9.58 Å². The molecule has 0 bridgehead atoms. The van der Waals surface area contributed by atoms with E-state index in [9.17, 15) is 4.79 Å². The van der Waals surface area contributed by atoms with Gasteiger partial charge < -0.3 is 15.4 Å². The smallest absolute Gasteiger partial charge is 0.321 e. The third-order valence-corrected chi connectivity index (χ3v) is 5.45. The fourth-order valence-corrected chi connectivity index (χ4v) is 3.64. The maximum Gasteiger partial charge on any atom is 0.321 e. The van der Waals surface area contributed by atoms with E-state index >= 15 is 0 Å². The van der Waals surface area contributed by atoms with E-state index in [4.69, 9.17) is 4.74 Å². The van der Waals surface area contributed by atoms with Crippen LogP contribution in [-0.2, 0) is 4.74 Å². The number of carbonyl (C=O) groups is 1. The number of amides is 2. The number of hydrogen-bond donors (Lipinski definition) is 2. The number of benzene rings is 1. The Labute approximate surface area is 187 Å². The maximum absolute atomic E-state index is 11.9. The second kappa shape index (κ2) is 9.78. The molecule has 3 aromatic rings. The lowest BCUT2D eigenvalue weighted by Gasteiger charge is -2.20. The van der Waals surface area contributed by atoms with E-state index in [1.54, 1.807) is 17.3 Å². The van der Waals surface area contributed by atoms with Gasteiger partial charge in [-0.2, -0.15) is 5.10 Å². The molecule has 2 N–H and O–H groups in total. The van der Waals surface area contributed by atoms with E-state index in [1.807, 2.05) is 48.1 Å². The van der Waals surface area contributed by atoms with Crippen molar-refractivity contribution in [2.24, 2.45) is 5.92 Å². The number of aromatic nitrogens is 4. The quantitative estimate of drug-likeness (QED) is 0.530. The molecular formula is C23H29N7O2. The molecule has 1 aliphatic heterocycles. The number of hydrogen-bond acceptors (Lipinski definition) is 6. The van der Waals surface area contributed by atoms with Gasteiger partial charge in [-0.15, -0.1) is 0 Å². The predicted molar refractivity (Wildman–Crippen MR) is 124 cm³/mol. The molecule has 0 aliphatic carbocycles. The molecular weight excluding hydrogens is 406 g/mol. The standard InChI is InChI=1S/C23H29N7O2/c1-4-32-15-21(16(2)3)30-14-18(13-26-30)27-22-24-10-9-20(28-22)17-5-7-19(8-6-17)29-12-11-25-23(29)31/h5-10,13-14,16,21H,4,11-12,15H2,1-3H3,(H,25,31)(H,24,27,28). The average Bonchev–Trinajstić information content (AvgIpc) is 3.43. The molecule has 0 saturated carbocycles. The highest BCUT2D eigenvalue weighted by Gasteiger charge is 2.21. The van der Waals surface area contributed by atoms with E-state index in [0.717, 1.165) is 22.6 Å². The predicted octanol–water partition coefficient (Wildman–Crippen LogP) is 3.85. The lowest BCUT2D eigenvalue weighted by Crippen LogP contribution is -2.27. The van der Waals surface area contributed by atoms with Crippen molar-refractivity contribution < 1.29 is 9.53 Å². The van der Waals surface area contributed by atoms with Gasteiger partial charge in [0.1, 0.15) is 0 Å². The number of carbonyl (C=O) groups excluding carboxylic acids is 1. The molecule has 2 amide bonds. The van der Waals surface area contributed by atoms with Gasteiger partial charge in [-0.1, -0.05) is 26.0 Å². The van der Waals surface area contributed by atoms with Gasteiger partial charge >= 0.3 is 6.03 Å². The summed E-state index contributed by atoms with van der Waals surface area (Å²) in [6.45, 7) is 8.96. The Bertz CT molecular complexity index is 1050. The summed E-state index contributed by atoms with van der Waals surface area (Å²) in [5, 5.41) is 10.6. The van der Waals surface area contributed by atoms with Crippen molar-refractivity contribution in [3.63, 3.8) is 0 Å². The van der Waals surface area contributed by atoms with Crippen LogP contribution >= 0.6 is 0 Å². The Morgan fingerprint density at radius 3 is 2.72 bits per heavy atom. The van der Waals surface area contributed by atoms with Crippen molar-refractivity contribution in [3.8, 4) is 11.3 Å². The summed E-state index contributed by atoms with van der Waals surface area (Å²) in [4.78, 5) is 22.6.